The summed E-state index contributed by atoms with van der Waals surface area (Å²) in [5.41, 5.74) is 0.268. The molecular weight excluding hydrogens is 226 g/mol. The van der Waals surface area contributed by atoms with E-state index in [9.17, 15) is 8.78 Å². The van der Waals surface area contributed by atoms with Gasteiger partial charge in [0.05, 0.1) is 5.69 Å². The fourth-order valence-corrected chi connectivity index (χ4v) is 1.21. The number of benzene rings is 2. The van der Waals surface area contributed by atoms with E-state index < -0.39 is 17.4 Å². The topological polar surface area (TPSA) is 45.0 Å². The molecule has 17 heavy (non-hydrogen) atoms. The lowest BCUT2D eigenvalue weighted by molar-refractivity contribution is 0.407. The van der Waals surface area contributed by atoms with Gasteiger partial charge in [-0.25, -0.2) is 4.39 Å². The van der Waals surface area contributed by atoms with Crippen LogP contribution in [0.3, 0.4) is 0 Å². The van der Waals surface area contributed by atoms with Gasteiger partial charge in [-0.05, 0) is 24.3 Å². The van der Waals surface area contributed by atoms with Gasteiger partial charge in [0, 0.05) is 0 Å². The van der Waals surface area contributed by atoms with Crippen molar-refractivity contribution >= 4 is 11.4 Å². The molecule has 0 heterocycles. The molecule has 0 saturated heterocycles. The van der Waals surface area contributed by atoms with Crippen molar-refractivity contribution in [2.24, 2.45) is 10.2 Å². The average molecular weight is 234 g/mol. The molecule has 3 nitrogen and oxygen atoms in total. The average Bonchev–Trinajstić information content (AvgIpc) is 2.36. The van der Waals surface area contributed by atoms with Crippen LogP contribution in [-0.2, 0) is 0 Å². The predicted molar refractivity (Wildman–Crippen MR) is 58.6 cm³/mol. The number of halogens is 2. The van der Waals surface area contributed by atoms with Gasteiger partial charge in [-0.15, -0.1) is 5.11 Å². The van der Waals surface area contributed by atoms with E-state index in [1.807, 2.05) is 0 Å². The summed E-state index contributed by atoms with van der Waals surface area (Å²) in [5.74, 6) is -3.29. The minimum absolute atomic E-state index is 0.260. The Hall–Kier alpha value is -2.30. The van der Waals surface area contributed by atoms with Crippen LogP contribution in [0.15, 0.2) is 52.7 Å². The van der Waals surface area contributed by atoms with Gasteiger partial charge in [0.2, 0.25) is 5.82 Å². The Balaban J connectivity index is 2.31. The van der Waals surface area contributed by atoms with Gasteiger partial charge in [-0.1, -0.05) is 18.2 Å². The van der Waals surface area contributed by atoms with Gasteiger partial charge in [-0.2, -0.15) is 9.50 Å². The Morgan fingerprint density at radius 2 is 1.53 bits per heavy atom. The van der Waals surface area contributed by atoms with E-state index in [1.54, 1.807) is 30.3 Å². The number of phenols is 1. The first-order chi connectivity index (χ1) is 8.18. The summed E-state index contributed by atoms with van der Waals surface area (Å²) in [6, 6.07) is 10.8. The van der Waals surface area contributed by atoms with Crippen molar-refractivity contribution in [3.8, 4) is 5.75 Å². The lowest BCUT2D eigenvalue weighted by Gasteiger charge is -1.99. The molecule has 2 rings (SSSR count). The number of hydrogen-bond donors (Lipinski definition) is 1. The van der Waals surface area contributed by atoms with E-state index >= 15 is 0 Å². The van der Waals surface area contributed by atoms with E-state index in [0.29, 0.717) is 5.69 Å². The zero-order chi connectivity index (χ0) is 12.3. The van der Waals surface area contributed by atoms with Crippen LogP contribution in [0, 0.1) is 11.6 Å². The number of rotatable bonds is 2. The summed E-state index contributed by atoms with van der Waals surface area (Å²) >= 11 is 0. The standard InChI is InChI=1S/C12H8F2N2O/c13-11-9(6-7-10(17)12(11)14)16-15-8-4-2-1-3-5-8/h1-7,17H/b16-15+. The maximum absolute atomic E-state index is 13.3. The minimum Gasteiger partial charge on any atom is -0.505 e. The van der Waals surface area contributed by atoms with E-state index in [4.69, 9.17) is 5.11 Å². The van der Waals surface area contributed by atoms with Crippen LogP contribution in [0.5, 0.6) is 5.75 Å². The van der Waals surface area contributed by atoms with Crippen LogP contribution in [-0.4, -0.2) is 5.11 Å². The molecule has 0 saturated carbocycles. The van der Waals surface area contributed by atoms with Crippen LogP contribution in [0.1, 0.15) is 0 Å². The third-order valence-corrected chi connectivity index (χ3v) is 2.07. The van der Waals surface area contributed by atoms with Gasteiger partial charge < -0.3 is 5.11 Å². The first-order valence-electron chi connectivity index (χ1n) is 4.82. The summed E-state index contributed by atoms with van der Waals surface area (Å²) in [4.78, 5) is 0. The first kappa shape index (κ1) is 11.2. The van der Waals surface area contributed by atoms with Gasteiger partial charge in [0.25, 0.3) is 0 Å². The normalized spacial score (nSPS) is 10.9. The molecule has 0 aromatic heterocycles. The van der Waals surface area contributed by atoms with Crippen molar-refractivity contribution in [1.82, 2.24) is 0 Å². The highest BCUT2D eigenvalue weighted by Gasteiger charge is 2.12. The van der Waals surface area contributed by atoms with Crippen LogP contribution in [0.4, 0.5) is 20.2 Å². The number of phenolic OH excluding ortho intramolecular Hbond substituents is 1. The van der Waals surface area contributed by atoms with Crippen molar-refractivity contribution in [1.29, 1.82) is 0 Å². The van der Waals surface area contributed by atoms with E-state index in [0.717, 1.165) is 12.1 Å². The number of aromatic hydroxyl groups is 1. The molecule has 0 aliphatic carbocycles. The second-order valence-corrected chi connectivity index (χ2v) is 3.27. The summed E-state index contributed by atoms with van der Waals surface area (Å²) in [5, 5.41) is 16.2. The molecule has 2 aromatic rings. The summed E-state index contributed by atoms with van der Waals surface area (Å²) in [6.45, 7) is 0. The summed E-state index contributed by atoms with van der Waals surface area (Å²) in [6.07, 6.45) is 0. The summed E-state index contributed by atoms with van der Waals surface area (Å²) < 4.78 is 26.3. The van der Waals surface area contributed by atoms with E-state index in [-0.39, 0.29) is 5.69 Å². The molecule has 2 aromatic carbocycles. The van der Waals surface area contributed by atoms with E-state index in [1.165, 1.54) is 0 Å². The lowest BCUT2D eigenvalue weighted by atomic mass is 10.3. The van der Waals surface area contributed by atoms with Gasteiger partial charge in [0.1, 0.15) is 5.69 Å². The molecular formula is C12H8F2N2O. The van der Waals surface area contributed by atoms with Crippen LogP contribution < -0.4 is 0 Å². The van der Waals surface area contributed by atoms with Crippen molar-refractivity contribution in [2.75, 3.05) is 0 Å². The Labute approximate surface area is 96.1 Å². The minimum atomic E-state index is -1.32. The molecule has 0 aliphatic heterocycles. The number of nitrogens with zero attached hydrogens (tertiary/aromatic N) is 2. The van der Waals surface area contributed by atoms with Gasteiger partial charge in [0.15, 0.2) is 11.6 Å². The van der Waals surface area contributed by atoms with Gasteiger partial charge >= 0.3 is 0 Å². The lowest BCUT2D eigenvalue weighted by Crippen LogP contribution is -1.84. The van der Waals surface area contributed by atoms with E-state index in [2.05, 4.69) is 10.2 Å². The second-order valence-electron chi connectivity index (χ2n) is 3.27. The second kappa shape index (κ2) is 4.69. The molecule has 1 N–H and O–H groups in total. The molecule has 0 radical (unpaired) electrons. The third-order valence-electron chi connectivity index (χ3n) is 2.07. The van der Waals surface area contributed by atoms with Crippen LogP contribution in [0.25, 0.3) is 0 Å². The predicted octanol–water partition coefficient (Wildman–Crippen LogP) is 4.09. The molecule has 0 aliphatic rings. The monoisotopic (exact) mass is 234 g/mol. The first-order valence-corrected chi connectivity index (χ1v) is 4.82. The smallest absolute Gasteiger partial charge is 0.202 e. The number of hydrogen-bond acceptors (Lipinski definition) is 3. The Morgan fingerprint density at radius 1 is 0.824 bits per heavy atom. The van der Waals surface area contributed by atoms with Crippen molar-refractivity contribution in [2.45, 2.75) is 0 Å². The number of azo groups is 1. The fourth-order valence-electron chi connectivity index (χ4n) is 1.21. The third kappa shape index (κ3) is 2.44. The fraction of sp³-hybridized carbons (Fsp3) is 0. The molecule has 0 bridgehead atoms. The Morgan fingerprint density at radius 3 is 2.24 bits per heavy atom. The quantitative estimate of drug-likeness (QED) is 0.781. The molecule has 0 fully saturated rings. The zero-order valence-electron chi connectivity index (χ0n) is 8.64. The van der Waals surface area contributed by atoms with Crippen molar-refractivity contribution in [3.05, 3.63) is 54.1 Å². The molecule has 0 amide bonds. The SMILES string of the molecule is Oc1ccc(/N=N/c2ccccc2)c(F)c1F. The van der Waals surface area contributed by atoms with Gasteiger partial charge in [-0.3, -0.25) is 0 Å². The highest BCUT2D eigenvalue weighted by atomic mass is 19.2. The molecule has 0 spiro atoms. The molecule has 0 unspecified atom stereocenters. The zero-order valence-corrected chi connectivity index (χ0v) is 8.64. The largest absolute Gasteiger partial charge is 0.505 e. The Bertz CT molecular complexity index is 556. The van der Waals surface area contributed by atoms with Crippen molar-refractivity contribution in [3.63, 3.8) is 0 Å². The Kier molecular flexibility index (Phi) is 3.09. The van der Waals surface area contributed by atoms with Crippen LogP contribution in [0.2, 0.25) is 0 Å². The summed E-state index contributed by atoms with van der Waals surface area (Å²) in [7, 11) is 0. The maximum atomic E-state index is 13.3. The van der Waals surface area contributed by atoms with Crippen LogP contribution >= 0.6 is 0 Å². The van der Waals surface area contributed by atoms with Crippen molar-refractivity contribution < 1.29 is 13.9 Å². The highest BCUT2D eigenvalue weighted by molar-refractivity contribution is 5.44. The molecule has 86 valence electrons. The highest BCUT2D eigenvalue weighted by Crippen LogP contribution is 2.27. The molecule has 0 atom stereocenters. The maximum Gasteiger partial charge on any atom is 0.202 e. The molecule has 5 heteroatoms.